The van der Waals surface area contributed by atoms with E-state index in [1.165, 1.54) is 27.7 Å². The van der Waals surface area contributed by atoms with Gasteiger partial charge in [0.15, 0.2) is 0 Å². The molecule has 0 atom stereocenters. The van der Waals surface area contributed by atoms with Crippen molar-refractivity contribution in [1.82, 2.24) is 9.47 Å². The fraction of sp³-hybridized carbons (Fsp3) is 0.160. The summed E-state index contributed by atoms with van der Waals surface area (Å²) in [6.45, 7) is 2.29. The standard InChI is InChI=1S/C25H22N2O/c28-25(20-11-5-2-6-12-20)26-16-15-24-22(18-26)21-13-7-8-14-23(21)27(24)17-19-9-3-1-4-10-19/h1-14H,15-18H2. The predicted octanol–water partition coefficient (Wildman–Crippen LogP) is 4.89. The Labute approximate surface area is 164 Å². The molecule has 0 bridgehead atoms. The van der Waals surface area contributed by atoms with Crippen molar-refractivity contribution in [2.45, 2.75) is 19.5 Å². The molecule has 138 valence electrons. The molecule has 0 aliphatic carbocycles. The molecule has 1 aromatic heterocycles. The minimum atomic E-state index is 0.117. The van der Waals surface area contributed by atoms with Gasteiger partial charge in [-0.15, -0.1) is 0 Å². The molecule has 0 spiro atoms. The lowest BCUT2D eigenvalue weighted by Crippen LogP contribution is -2.36. The molecule has 0 radical (unpaired) electrons. The van der Waals surface area contributed by atoms with Crippen molar-refractivity contribution < 1.29 is 4.79 Å². The van der Waals surface area contributed by atoms with Crippen LogP contribution in [0.1, 0.15) is 27.2 Å². The van der Waals surface area contributed by atoms with Gasteiger partial charge in [-0.05, 0) is 23.8 Å². The van der Waals surface area contributed by atoms with Crippen LogP contribution >= 0.6 is 0 Å². The number of nitrogens with zero attached hydrogens (tertiary/aromatic N) is 2. The average Bonchev–Trinajstić information content (AvgIpc) is 3.08. The van der Waals surface area contributed by atoms with Gasteiger partial charge in [0.1, 0.15) is 0 Å². The summed E-state index contributed by atoms with van der Waals surface area (Å²) in [5.74, 6) is 0.117. The van der Waals surface area contributed by atoms with E-state index in [2.05, 4.69) is 59.2 Å². The Hall–Kier alpha value is -3.33. The van der Waals surface area contributed by atoms with Crippen molar-refractivity contribution in [2.75, 3.05) is 6.54 Å². The lowest BCUT2D eigenvalue weighted by atomic mass is 10.0. The van der Waals surface area contributed by atoms with Crippen LogP contribution in [0, 0.1) is 0 Å². The fourth-order valence-corrected chi connectivity index (χ4v) is 4.28. The highest BCUT2D eigenvalue weighted by molar-refractivity contribution is 5.95. The molecule has 0 unspecified atom stereocenters. The van der Waals surface area contributed by atoms with Gasteiger partial charge in [-0.2, -0.15) is 0 Å². The van der Waals surface area contributed by atoms with Gasteiger partial charge in [0.05, 0.1) is 0 Å². The second-order valence-corrected chi connectivity index (χ2v) is 7.36. The van der Waals surface area contributed by atoms with Crippen LogP contribution in [0.3, 0.4) is 0 Å². The summed E-state index contributed by atoms with van der Waals surface area (Å²) in [6.07, 6.45) is 0.884. The third kappa shape index (κ3) is 2.89. The van der Waals surface area contributed by atoms with Crippen molar-refractivity contribution in [1.29, 1.82) is 0 Å². The van der Waals surface area contributed by atoms with Crippen LogP contribution in [0.5, 0.6) is 0 Å². The SMILES string of the molecule is O=C(c1ccccc1)N1CCc2c(c3ccccc3n2Cc2ccccc2)C1. The maximum absolute atomic E-state index is 13.0. The second kappa shape index (κ2) is 7.01. The molecule has 5 rings (SSSR count). The van der Waals surface area contributed by atoms with E-state index in [0.717, 1.165) is 25.1 Å². The number of hydrogen-bond acceptors (Lipinski definition) is 1. The number of hydrogen-bond donors (Lipinski definition) is 0. The van der Waals surface area contributed by atoms with Crippen LogP contribution in [-0.4, -0.2) is 21.9 Å². The molecule has 1 amide bonds. The van der Waals surface area contributed by atoms with Crippen molar-refractivity contribution in [3.05, 3.63) is 107 Å². The van der Waals surface area contributed by atoms with E-state index in [-0.39, 0.29) is 5.91 Å². The molecular weight excluding hydrogens is 344 g/mol. The zero-order valence-electron chi connectivity index (χ0n) is 15.7. The Bertz CT molecular complexity index is 1130. The van der Waals surface area contributed by atoms with Gasteiger partial charge in [-0.25, -0.2) is 0 Å². The normalized spacial score (nSPS) is 13.5. The molecule has 0 fully saturated rings. The fourth-order valence-electron chi connectivity index (χ4n) is 4.28. The molecule has 3 nitrogen and oxygen atoms in total. The molecule has 0 N–H and O–H groups in total. The van der Waals surface area contributed by atoms with Crippen molar-refractivity contribution in [3.8, 4) is 0 Å². The van der Waals surface area contributed by atoms with Crippen LogP contribution in [0.4, 0.5) is 0 Å². The number of carbonyl (C=O) groups excluding carboxylic acids is 1. The third-order valence-electron chi connectivity index (χ3n) is 5.65. The first-order valence-corrected chi connectivity index (χ1v) is 9.78. The number of aromatic nitrogens is 1. The Morgan fingerprint density at radius 3 is 2.29 bits per heavy atom. The highest BCUT2D eigenvalue weighted by atomic mass is 16.2. The highest BCUT2D eigenvalue weighted by Gasteiger charge is 2.27. The van der Waals surface area contributed by atoms with E-state index >= 15 is 0 Å². The number of benzene rings is 3. The summed E-state index contributed by atoms with van der Waals surface area (Å²) in [5.41, 5.74) is 5.97. The number of para-hydroxylation sites is 1. The molecular formula is C25H22N2O. The maximum Gasteiger partial charge on any atom is 0.254 e. The van der Waals surface area contributed by atoms with Crippen molar-refractivity contribution in [2.24, 2.45) is 0 Å². The van der Waals surface area contributed by atoms with E-state index in [1.807, 2.05) is 35.2 Å². The van der Waals surface area contributed by atoms with Crippen LogP contribution in [0.15, 0.2) is 84.9 Å². The van der Waals surface area contributed by atoms with E-state index in [0.29, 0.717) is 6.54 Å². The van der Waals surface area contributed by atoms with Gasteiger partial charge in [0.25, 0.3) is 5.91 Å². The van der Waals surface area contributed by atoms with E-state index in [1.54, 1.807) is 0 Å². The van der Waals surface area contributed by atoms with E-state index in [9.17, 15) is 4.79 Å². The summed E-state index contributed by atoms with van der Waals surface area (Å²) in [5, 5.41) is 1.26. The topological polar surface area (TPSA) is 25.2 Å². The van der Waals surface area contributed by atoms with E-state index in [4.69, 9.17) is 0 Å². The van der Waals surface area contributed by atoms with Crippen LogP contribution in [0.25, 0.3) is 10.9 Å². The van der Waals surface area contributed by atoms with Crippen molar-refractivity contribution >= 4 is 16.8 Å². The molecule has 1 aliphatic heterocycles. The second-order valence-electron chi connectivity index (χ2n) is 7.36. The summed E-state index contributed by atoms with van der Waals surface area (Å²) in [6, 6.07) is 28.8. The maximum atomic E-state index is 13.0. The highest BCUT2D eigenvalue weighted by Crippen LogP contribution is 2.32. The molecule has 0 saturated heterocycles. The van der Waals surface area contributed by atoms with Gasteiger partial charge in [0.2, 0.25) is 0 Å². The summed E-state index contributed by atoms with van der Waals surface area (Å²) in [7, 11) is 0. The molecule has 3 heteroatoms. The van der Waals surface area contributed by atoms with Crippen LogP contribution in [-0.2, 0) is 19.5 Å². The molecule has 1 aliphatic rings. The molecule has 0 saturated carbocycles. The monoisotopic (exact) mass is 366 g/mol. The molecule has 4 aromatic rings. The Morgan fingerprint density at radius 1 is 0.821 bits per heavy atom. The number of rotatable bonds is 3. The summed E-state index contributed by atoms with van der Waals surface area (Å²) in [4.78, 5) is 14.9. The minimum absolute atomic E-state index is 0.117. The van der Waals surface area contributed by atoms with Gasteiger partial charge >= 0.3 is 0 Å². The van der Waals surface area contributed by atoms with Gasteiger partial charge in [-0.3, -0.25) is 4.79 Å². The van der Waals surface area contributed by atoms with Crippen LogP contribution < -0.4 is 0 Å². The Balaban J connectivity index is 1.54. The smallest absolute Gasteiger partial charge is 0.254 e. The quantitative estimate of drug-likeness (QED) is 0.507. The zero-order chi connectivity index (χ0) is 18.9. The lowest BCUT2D eigenvalue weighted by Gasteiger charge is -2.28. The average molecular weight is 366 g/mol. The minimum Gasteiger partial charge on any atom is -0.340 e. The first kappa shape index (κ1) is 16.8. The van der Waals surface area contributed by atoms with Gasteiger partial charge < -0.3 is 9.47 Å². The third-order valence-corrected chi connectivity index (χ3v) is 5.65. The first-order chi connectivity index (χ1) is 13.8. The summed E-state index contributed by atoms with van der Waals surface area (Å²) >= 11 is 0. The Kier molecular flexibility index (Phi) is 4.21. The van der Waals surface area contributed by atoms with Gasteiger partial charge in [0, 0.05) is 53.8 Å². The largest absolute Gasteiger partial charge is 0.340 e. The number of amides is 1. The number of carbonyl (C=O) groups is 1. The Morgan fingerprint density at radius 2 is 1.50 bits per heavy atom. The van der Waals surface area contributed by atoms with Gasteiger partial charge in [-0.1, -0.05) is 66.7 Å². The van der Waals surface area contributed by atoms with Crippen molar-refractivity contribution in [3.63, 3.8) is 0 Å². The zero-order valence-corrected chi connectivity index (χ0v) is 15.7. The molecule has 2 heterocycles. The first-order valence-electron chi connectivity index (χ1n) is 9.78. The van der Waals surface area contributed by atoms with Crippen LogP contribution in [0.2, 0.25) is 0 Å². The molecule has 3 aromatic carbocycles. The predicted molar refractivity (Wildman–Crippen MR) is 112 cm³/mol. The summed E-state index contributed by atoms with van der Waals surface area (Å²) < 4.78 is 2.43. The lowest BCUT2D eigenvalue weighted by molar-refractivity contribution is 0.0734. The van der Waals surface area contributed by atoms with E-state index < -0.39 is 0 Å². The number of fused-ring (bicyclic) bond motifs is 3. The molecule has 28 heavy (non-hydrogen) atoms.